The van der Waals surface area contributed by atoms with E-state index >= 15 is 0 Å². The van der Waals surface area contributed by atoms with Crippen LogP contribution in [-0.4, -0.2) is 19.6 Å². The summed E-state index contributed by atoms with van der Waals surface area (Å²) in [7, 11) is 1.64. The largest absolute Gasteiger partial charge is 0.496 e. The number of benzene rings is 2. The first-order chi connectivity index (χ1) is 13.7. The van der Waals surface area contributed by atoms with E-state index in [-0.39, 0.29) is 5.57 Å². The summed E-state index contributed by atoms with van der Waals surface area (Å²) < 4.78 is 5.32. The highest BCUT2D eigenvalue weighted by atomic mass is 16.5. The van der Waals surface area contributed by atoms with E-state index in [1.54, 1.807) is 7.11 Å². The first-order valence-electron chi connectivity index (χ1n) is 9.53. The molecule has 0 bridgehead atoms. The third-order valence-electron chi connectivity index (χ3n) is 4.37. The molecule has 0 saturated carbocycles. The van der Waals surface area contributed by atoms with Gasteiger partial charge in [-0.05, 0) is 48.6 Å². The smallest absolute Gasteiger partial charge is 0.267 e. The van der Waals surface area contributed by atoms with Crippen LogP contribution in [0.2, 0.25) is 0 Å². The molecule has 0 unspecified atom stereocenters. The zero-order valence-corrected chi connectivity index (χ0v) is 16.5. The minimum Gasteiger partial charge on any atom is -0.496 e. The van der Waals surface area contributed by atoms with Crippen molar-refractivity contribution in [3.63, 3.8) is 0 Å². The lowest BCUT2D eigenvalue weighted by Gasteiger charge is -2.08. The quantitative estimate of drug-likeness (QED) is 0.369. The van der Waals surface area contributed by atoms with Crippen LogP contribution in [0.3, 0.4) is 0 Å². The molecule has 5 nitrogen and oxygen atoms in total. The highest BCUT2D eigenvalue weighted by molar-refractivity contribution is 6.06. The van der Waals surface area contributed by atoms with E-state index in [0.29, 0.717) is 12.2 Å². The summed E-state index contributed by atoms with van der Waals surface area (Å²) in [4.78, 5) is 12.3. The number of anilines is 1. The fourth-order valence-corrected chi connectivity index (χ4v) is 2.77. The van der Waals surface area contributed by atoms with Crippen molar-refractivity contribution in [1.29, 1.82) is 5.26 Å². The molecule has 146 valence electrons. The lowest BCUT2D eigenvalue weighted by atomic mass is 10.1. The van der Waals surface area contributed by atoms with Crippen molar-refractivity contribution in [2.24, 2.45) is 0 Å². The Bertz CT molecular complexity index is 836. The number of amides is 1. The molecule has 5 heteroatoms. The summed E-state index contributed by atoms with van der Waals surface area (Å²) >= 11 is 0. The third kappa shape index (κ3) is 6.48. The number of methoxy groups -OCH3 is 1. The Hall–Kier alpha value is -3.26. The van der Waals surface area contributed by atoms with Gasteiger partial charge in [0, 0.05) is 18.4 Å². The van der Waals surface area contributed by atoms with E-state index in [1.807, 2.05) is 54.6 Å². The maximum absolute atomic E-state index is 12.3. The molecule has 1 amide bonds. The van der Waals surface area contributed by atoms with Gasteiger partial charge in [0.2, 0.25) is 0 Å². The van der Waals surface area contributed by atoms with Gasteiger partial charge in [-0.25, -0.2) is 0 Å². The van der Waals surface area contributed by atoms with Crippen LogP contribution in [0, 0.1) is 11.3 Å². The molecule has 0 spiro atoms. The molecule has 28 heavy (non-hydrogen) atoms. The zero-order valence-electron chi connectivity index (χ0n) is 16.5. The standard InChI is InChI=1S/C23H27N3O2/c1-3-4-7-18-10-12-21(13-11-18)26-23(27)20(16-24)17-25-15-14-19-8-5-6-9-22(19)28-2/h5-6,8-13,17,25H,3-4,7,14-15H2,1-2H3,(H,26,27)/b20-17-. The van der Waals surface area contributed by atoms with E-state index < -0.39 is 5.91 Å². The predicted molar refractivity (Wildman–Crippen MR) is 112 cm³/mol. The molecule has 2 N–H and O–H groups in total. The Balaban J connectivity index is 1.87. The van der Waals surface area contributed by atoms with Crippen LogP contribution in [0.15, 0.2) is 60.3 Å². The van der Waals surface area contributed by atoms with E-state index in [1.165, 1.54) is 11.8 Å². The molecule has 2 aromatic carbocycles. The van der Waals surface area contributed by atoms with Crippen molar-refractivity contribution in [1.82, 2.24) is 5.32 Å². The lowest BCUT2D eigenvalue weighted by molar-refractivity contribution is -0.112. The Morgan fingerprint density at radius 3 is 2.57 bits per heavy atom. The second-order valence-electron chi connectivity index (χ2n) is 6.44. The van der Waals surface area contributed by atoms with Gasteiger partial charge in [-0.2, -0.15) is 5.26 Å². The van der Waals surface area contributed by atoms with E-state index in [9.17, 15) is 10.1 Å². The number of hydrogen-bond acceptors (Lipinski definition) is 4. The number of ether oxygens (including phenoxy) is 1. The number of nitrogens with zero attached hydrogens (tertiary/aromatic N) is 1. The van der Waals surface area contributed by atoms with Crippen molar-refractivity contribution < 1.29 is 9.53 Å². The van der Waals surface area contributed by atoms with Crippen molar-refractivity contribution >= 4 is 11.6 Å². The van der Waals surface area contributed by atoms with E-state index in [4.69, 9.17) is 4.74 Å². The van der Waals surface area contributed by atoms with Crippen LogP contribution in [0.1, 0.15) is 30.9 Å². The van der Waals surface area contributed by atoms with Crippen LogP contribution >= 0.6 is 0 Å². The van der Waals surface area contributed by atoms with Crippen LogP contribution < -0.4 is 15.4 Å². The molecule has 0 aliphatic heterocycles. The molecule has 0 aromatic heterocycles. The topological polar surface area (TPSA) is 74.2 Å². The van der Waals surface area contributed by atoms with Crippen molar-refractivity contribution in [3.8, 4) is 11.8 Å². The number of unbranched alkanes of at least 4 members (excludes halogenated alkanes) is 1. The Kier molecular flexibility index (Phi) is 8.61. The number of rotatable bonds is 10. The first-order valence-corrected chi connectivity index (χ1v) is 9.53. The maximum atomic E-state index is 12.3. The molecule has 0 heterocycles. The molecule has 0 atom stereocenters. The summed E-state index contributed by atoms with van der Waals surface area (Å²) in [6, 6.07) is 17.5. The molecular weight excluding hydrogens is 350 g/mol. The molecule has 0 fully saturated rings. The summed E-state index contributed by atoms with van der Waals surface area (Å²) in [5.41, 5.74) is 3.03. The number of carbonyl (C=O) groups excluding carboxylic acids is 1. The Morgan fingerprint density at radius 1 is 1.14 bits per heavy atom. The third-order valence-corrected chi connectivity index (χ3v) is 4.37. The zero-order chi connectivity index (χ0) is 20.2. The number of nitrogens with one attached hydrogen (secondary N) is 2. The van der Waals surface area contributed by atoms with Gasteiger partial charge in [0.1, 0.15) is 17.4 Å². The molecule has 2 rings (SSSR count). The SMILES string of the molecule is CCCCc1ccc(NC(=O)/C(C#N)=C\NCCc2ccccc2OC)cc1. The van der Waals surface area contributed by atoms with Gasteiger partial charge in [0.25, 0.3) is 5.91 Å². The predicted octanol–water partition coefficient (Wildman–Crippen LogP) is 4.22. The summed E-state index contributed by atoms with van der Waals surface area (Å²) in [5.74, 6) is 0.405. The van der Waals surface area contributed by atoms with Gasteiger partial charge in [-0.3, -0.25) is 4.79 Å². The van der Waals surface area contributed by atoms with Crippen LogP contribution in [-0.2, 0) is 17.6 Å². The number of para-hydroxylation sites is 1. The minimum absolute atomic E-state index is 0.0371. The van der Waals surface area contributed by atoms with Gasteiger partial charge in [-0.15, -0.1) is 0 Å². The highest BCUT2D eigenvalue weighted by Gasteiger charge is 2.09. The van der Waals surface area contributed by atoms with Gasteiger partial charge in [0.15, 0.2) is 0 Å². The molecule has 0 radical (unpaired) electrons. The molecular formula is C23H27N3O2. The normalized spacial score (nSPS) is 10.8. The van der Waals surface area contributed by atoms with Crippen LogP contribution in [0.4, 0.5) is 5.69 Å². The highest BCUT2D eigenvalue weighted by Crippen LogP contribution is 2.17. The minimum atomic E-state index is -0.423. The number of hydrogen-bond donors (Lipinski definition) is 2. The van der Waals surface area contributed by atoms with Crippen molar-refractivity contribution in [2.75, 3.05) is 19.0 Å². The number of carbonyl (C=O) groups is 1. The molecule has 0 aliphatic rings. The summed E-state index contributed by atoms with van der Waals surface area (Å²) in [6.45, 7) is 2.75. The van der Waals surface area contributed by atoms with Crippen molar-refractivity contribution in [2.45, 2.75) is 32.6 Å². The Labute approximate surface area is 167 Å². The second-order valence-corrected chi connectivity index (χ2v) is 6.44. The number of nitriles is 1. The lowest BCUT2D eigenvalue weighted by Crippen LogP contribution is -2.18. The number of aryl methyl sites for hydroxylation is 1. The fourth-order valence-electron chi connectivity index (χ4n) is 2.77. The fraction of sp³-hybridized carbons (Fsp3) is 0.304. The molecule has 2 aromatic rings. The average molecular weight is 377 g/mol. The van der Waals surface area contributed by atoms with Crippen LogP contribution in [0.5, 0.6) is 5.75 Å². The summed E-state index contributed by atoms with van der Waals surface area (Å²) in [5, 5.41) is 15.1. The maximum Gasteiger partial charge on any atom is 0.267 e. The van der Waals surface area contributed by atoms with Crippen LogP contribution in [0.25, 0.3) is 0 Å². The van der Waals surface area contributed by atoms with Gasteiger partial charge in [-0.1, -0.05) is 43.7 Å². The van der Waals surface area contributed by atoms with Gasteiger partial charge in [0.05, 0.1) is 7.11 Å². The summed E-state index contributed by atoms with van der Waals surface area (Å²) in [6.07, 6.45) is 5.51. The van der Waals surface area contributed by atoms with E-state index in [2.05, 4.69) is 17.6 Å². The first kappa shape index (κ1) is 21.0. The van der Waals surface area contributed by atoms with Crippen molar-refractivity contribution in [3.05, 3.63) is 71.4 Å². The van der Waals surface area contributed by atoms with Gasteiger partial charge >= 0.3 is 0 Å². The monoisotopic (exact) mass is 377 g/mol. The Morgan fingerprint density at radius 2 is 1.89 bits per heavy atom. The van der Waals surface area contributed by atoms with E-state index in [0.717, 1.165) is 37.0 Å². The second kappa shape index (κ2) is 11.5. The average Bonchev–Trinajstić information content (AvgIpc) is 2.73. The molecule has 0 saturated heterocycles. The molecule has 0 aliphatic carbocycles. The van der Waals surface area contributed by atoms with Gasteiger partial charge < -0.3 is 15.4 Å².